The summed E-state index contributed by atoms with van der Waals surface area (Å²) in [5, 5.41) is 3.03. The van der Waals surface area contributed by atoms with Crippen molar-refractivity contribution in [1.82, 2.24) is 10.3 Å². The molecule has 0 aliphatic carbocycles. The Bertz CT molecular complexity index is 602. The minimum atomic E-state index is -0.211. The molecule has 0 bridgehead atoms. The molecule has 0 fully saturated rings. The van der Waals surface area contributed by atoms with Gasteiger partial charge in [0, 0.05) is 11.8 Å². The fraction of sp³-hybridized carbons (Fsp3) is 0.200. The van der Waals surface area contributed by atoms with Crippen molar-refractivity contribution in [2.24, 2.45) is 0 Å². The Balaban J connectivity index is 1.75. The summed E-state index contributed by atoms with van der Waals surface area (Å²) in [6.45, 7) is 0.766. The number of rotatable bonds is 6. The topological polar surface area (TPSA) is 60.5 Å². The maximum absolute atomic E-state index is 11.8. The lowest BCUT2D eigenvalue weighted by Crippen LogP contribution is -2.28. The summed E-state index contributed by atoms with van der Waals surface area (Å²) in [6, 6.07) is 10.4. The number of pyridine rings is 1. The number of carbonyl (C=O) groups excluding carboxylic acids is 1. The van der Waals surface area contributed by atoms with Crippen LogP contribution in [0.2, 0.25) is 5.15 Å². The van der Waals surface area contributed by atoms with Gasteiger partial charge in [-0.3, -0.25) is 4.79 Å². The Morgan fingerprint density at radius 2 is 1.95 bits per heavy atom. The Kier molecular flexibility index (Phi) is 5.40. The van der Waals surface area contributed by atoms with Crippen LogP contribution in [0.1, 0.15) is 10.4 Å². The van der Waals surface area contributed by atoms with Crippen molar-refractivity contribution in [1.29, 1.82) is 0 Å². The minimum Gasteiger partial charge on any atom is -0.497 e. The SMILES string of the molecule is COc1ccc(OCCNC(=O)c2ccnc(Cl)c2)cc1. The number of amides is 1. The summed E-state index contributed by atoms with van der Waals surface area (Å²) in [5.74, 6) is 1.28. The van der Waals surface area contributed by atoms with E-state index in [9.17, 15) is 4.79 Å². The van der Waals surface area contributed by atoms with Crippen LogP contribution in [0.5, 0.6) is 11.5 Å². The number of ether oxygens (including phenoxy) is 2. The Labute approximate surface area is 127 Å². The Morgan fingerprint density at radius 3 is 2.62 bits per heavy atom. The number of carbonyl (C=O) groups is 1. The van der Waals surface area contributed by atoms with Gasteiger partial charge in [0.1, 0.15) is 23.3 Å². The van der Waals surface area contributed by atoms with Gasteiger partial charge in [0.15, 0.2) is 0 Å². The monoisotopic (exact) mass is 306 g/mol. The van der Waals surface area contributed by atoms with Gasteiger partial charge < -0.3 is 14.8 Å². The zero-order valence-corrected chi connectivity index (χ0v) is 12.3. The van der Waals surface area contributed by atoms with Crippen LogP contribution in [0.4, 0.5) is 0 Å². The second-order valence-electron chi connectivity index (χ2n) is 4.15. The Morgan fingerprint density at radius 1 is 1.24 bits per heavy atom. The quantitative estimate of drug-likeness (QED) is 0.658. The third-order valence-electron chi connectivity index (χ3n) is 2.70. The summed E-state index contributed by atoms with van der Waals surface area (Å²) < 4.78 is 10.6. The zero-order valence-electron chi connectivity index (χ0n) is 11.5. The highest BCUT2D eigenvalue weighted by Gasteiger charge is 2.05. The summed E-state index contributed by atoms with van der Waals surface area (Å²) >= 11 is 5.73. The molecule has 1 amide bonds. The standard InChI is InChI=1S/C15H15ClN2O3/c1-20-12-2-4-13(5-3-12)21-9-8-18-15(19)11-6-7-17-14(16)10-11/h2-7,10H,8-9H2,1H3,(H,18,19). The van der Waals surface area contributed by atoms with Gasteiger partial charge in [-0.05, 0) is 36.4 Å². The number of benzene rings is 1. The molecule has 0 radical (unpaired) electrons. The maximum atomic E-state index is 11.8. The first-order chi connectivity index (χ1) is 10.2. The van der Waals surface area contributed by atoms with E-state index in [0.29, 0.717) is 18.7 Å². The van der Waals surface area contributed by atoms with Crippen LogP contribution < -0.4 is 14.8 Å². The molecule has 0 spiro atoms. The van der Waals surface area contributed by atoms with Crippen molar-refractivity contribution in [3.8, 4) is 11.5 Å². The lowest BCUT2D eigenvalue weighted by Gasteiger charge is -2.08. The fourth-order valence-corrected chi connectivity index (χ4v) is 1.83. The van der Waals surface area contributed by atoms with E-state index < -0.39 is 0 Å². The molecule has 1 aromatic heterocycles. The molecule has 1 aromatic carbocycles. The highest BCUT2D eigenvalue weighted by atomic mass is 35.5. The third-order valence-corrected chi connectivity index (χ3v) is 2.91. The van der Waals surface area contributed by atoms with Crippen molar-refractivity contribution in [2.75, 3.05) is 20.3 Å². The number of aromatic nitrogens is 1. The summed E-state index contributed by atoms with van der Waals surface area (Å²) in [7, 11) is 1.61. The number of hydrogen-bond donors (Lipinski definition) is 1. The van der Waals surface area contributed by atoms with Gasteiger partial charge >= 0.3 is 0 Å². The van der Waals surface area contributed by atoms with Gasteiger partial charge in [-0.2, -0.15) is 0 Å². The smallest absolute Gasteiger partial charge is 0.251 e. The van der Waals surface area contributed by atoms with Crippen molar-refractivity contribution in [3.63, 3.8) is 0 Å². The first kappa shape index (κ1) is 15.1. The van der Waals surface area contributed by atoms with Crippen LogP contribution in [-0.4, -0.2) is 31.2 Å². The highest BCUT2D eigenvalue weighted by molar-refractivity contribution is 6.29. The molecular weight excluding hydrogens is 292 g/mol. The minimum absolute atomic E-state index is 0.211. The number of hydrogen-bond acceptors (Lipinski definition) is 4. The molecular formula is C15H15ClN2O3. The van der Waals surface area contributed by atoms with Gasteiger partial charge in [-0.1, -0.05) is 11.6 Å². The van der Waals surface area contributed by atoms with Crippen molar-refractivity contribution in [2.45, 2.75) is 0 Å². The van der Waals surface area contributed by atoms with E-state index in [0.717, 1.165) is 11.5 Å². The molecule has 0 atom stereocenters. The lowest BCUT2D eigenvalue weighted by molar-refractivity contribution is 0.0947. The van der Waals surface area contributed by atoms with E-state index in [4.69, 9.17) is 21.1 Å². The molecule has 1 N–H and O–H groups in total. The molecule has 21 heavy (non-hydrogen) atoms. The normalized spacial score (nSPS) is 10.0. The maximum Gasteiger partial charge on any atom is 0.251 e. The number of nitrogens with zero attached hydrogens (tertiary/aromatic N) is 1. The molecule has 2 rings (SSSR count). The first-order valence-electron chi connectivity index (χ1n) is 6.35. The average Bonchev–Trinajstić information content (AvgIpc) is 2.52. The van der Waals surface area contributed by atoms with Gasteiger partial charge in [0.25, 0.3) is 5.91 Å². The van der Waals surface area contributed by atoms with Crippen LogP contribution in [0.3, 0.4) is 0 Å². The van der Waals surface area contributed by atoms with Gasteiger partial charge in [0.05, 0.1) is 13.7 Å². The molecule has 0 unspecified atom stereocenters. The second kappa shape index (κ2) is 7.50. The zero-order chi connectivity index (χ0) is 15.1. The molecule has 6 heteroatoms. The van der Waals surface area contributed by atoms with E-state index in [2.05, 4.69) is 10.3 Å². The van der Waals surface area contributed by atoms with E-state index in [1.807, 2.05) is 24.3 Å². The van der Waals surface area contributed by atoms with E-state index in [1.165, 1.54) is 12.3 Å². The van der Waals surface area contributed by atoms with Crippen LogP contribution in [0, 0.1) is 0 Å². The van der Waals surface area contributed by atoms with Crippen LogP contribution in [0.15, 0.2) is 42.6 Å². The number of methoxy groups -OCH3 is 1. The van der Waals surface area contributed by atoms with Crippen LogP contribution >= 0.6 is 11.6 Å². The summed E-state index contributed by atoms with van der Waals surface area (Å²) in [6.07, 6.45) is 1.49. The van der Waals surface area contributed by atoms with Crippen LogP contribution in [0.25, 0.3) is 0 Å². The first-order valence-corrected chi connectivity index (χ1v) is 6.73. The fourth-order valence-electron chi connectivity index (χ4n) is 1.65. The summed E-state index contributed by atoms with van der Waals surface area (Å²) in [4.78, 5) is 15.6. The predicted molar refractivity (Wildman–Crippen MR) is 80.1 cm³/mol. The molecule has 1 heterocycles. The molecule has 0 saturated carbocycles. The largest absolute Gasteiger partial charge is 0.497 e. The predicted octanol–water partition coefficient (Wildman–Crippen LogP) is 2.55. The Hall–Kier alpha value is -2.27. The molecule has 5 nitrogen and oxygen atoms in total. The lowest BCUT2D eigenvalue weighted by atomic mass is 10.2. The number of halogens is 1. The summed E-state index contributed by atoms with van der Waals surface area (Å²) in [5.41, 5.74) is 0.472. The van der Waals surface area contributed by atoms with Crippen molar-refractivity contribution in [3.05, 3.63) is 53.3 Å². The molecule has 0 aliphatic rings. The molecule has 110 valence electrons. The number of nitrogens with one attached hydrogen (secondary N) is 1. The van der Waals surface area contributed by atoms with Crippen molar-refractivity contribution < 1.29 is 14.3 Å². The second-order valence-corrected chi connectivity index (χ2v) is 4.53. The van der Waals surface area contributed by atoms with Crippen LogP contribution in [-0.2, 0) is 0 Å². The molecule has 2 aromatic rings. The molecule has 0 saturated heterocycles. The van der Waals surface area contributed by atoms with Gasteiger partial charge in [-0.25, -0.2) is 4.98 Å². The van der Waals surface area contributed by atoms with E-state index >= 15 is 0 Å². The van der Waals surface area contributed by atoms with Gasteiger partial charge in [-0.15, -0.1) is 0 Å². The highest BCUT2D eigenvalue weighted by Crippen LogP contribution is 2.16. The van der Waals surface area contributed by atoms with E-state index in [1.54, 1.807) is 13.2 Å². The van der Waals surface area contributed by atoms with E-state index in [-0.39, 0.29) is 11.1 Å². The molecule has 0 aliphatic heterocycles. The van der Waals surface area contributed by atoms with Crippen molar-refractivity contribution >= 4 is 17.5 Å². The van der Waals surface area contributed by atoms with Gasteiger partial charge in [0.2, 0.25) is 0 Å². The average molecular weight is 307 g/mol. The third kappa shape index (κ3) is 4.65.